The average molecular weight is 342 g/mol. The van der Waals surface area contributed by atoms with Crippen molar-refractivity contribution in [2.45, 2.75) is 26.3 Å². The quantitative estimate of drug-likeness (QED) is 0.691. The average Bonchev–Trinajstić information content (AvgIpc) is 2.91. The molecular formula is C18H22N4O3. The van der Waals surface area contributed by atoms with E-state index in [2.05, 4.69) is 10.3 Å². The molecule has 0 aliphatic rings. The molecule has 3 aromatic rings. The zero-order chi connectivity index (χ0) is 18.0. The summed E-state index contributed by atoms with van der Waals surface area (Å²) >= 11 is 0. The van der Waals surface area contributed by atoms with Crippen molar-refractivity contribution in [1.82, 2.24) is 19.5 Å². The van der Waals surface area contributed by atoms with Crippen LogP contribution < -0.4 is 10.9 Å². The lowest BCUT2D eigenvalue weighted by Gasteiger charge is -2.20. The van der Waals surface area contributed by atoms with Gasteiger partial charge in [-0.25, -0.2) is 4.52 Å². The molecule has 1 aromatic carbocycles. The lowest BCUT2D eigenvalue weighted by molar-refractivity contribution is -0.124. The van der Waals surface area contributed by atoms with Gasteiger partial charge in [0.15, 0.2) is 5.65 Å². The lowest BCUT2D eigenvalue weighted by atomic mass is 10.2. The van der Waals surface area contributed by atoms with Gasteiger partial charge in [-0.15, -0.1) is 0 Å². The fourth-order valence-electron chi connectivity index (χ4n) is 3.18. The molecule has 0 aliphatic carbocycles. The van der Waals surface area contributed by atoms with Crippen molar-refractivity contribution in [3.05, 3.63) is 46.4 Å². The molecule has 0 saturated carbocycles. The number of carbonyl (C=O) groups is 1. The van der Waals surface area contributed by atoms with Gasteiger partial charge in [-0.3, -0.25) is 14.3 Å². The molecule has 1 N–H and O–H groups in total. The van der Waals surface area contributed by atoms with Crippen LogP contribution in [0.5, 0.6) is 0 Å². The Kier molecular flexibility index (Phi) is 4.85. The summed E-state index contributed by atoms with van der Waals surface area (Å²) in [5.41, 5.74) is 1.91. The van der Waals surface area contributed by atoms with Crippen LogP contribution in [0.25, 0.3) is 16.6 Å². The molecule has 25 heavy (non-hydrogen) atoms. The molecule has 0 fully saturated rings. The molecule has 132 valence electrons. The second kappa shape index (κ2) is 7.06. The van der Waals surface area contributed by atoms with E-state index in [1.54, 1.807) is 7.11 Å². The van der Waals surface area contributed by atoms with E-state index >= 15 is 0 Å². The first kappa shape index (κ1) is 17.2. The number of benzene rings is 1. The first-order chi connectivity index (χ1) is 12.1. The predicted molar refractivity (Wildman–Crippen MR) is 95.9 cm³/mol. The Morgan fingerprint density at radius 3 is 2.84 bits per heavy atom. The standard InChI is InChI=1S/C18H22N4O3/c1-4-14(18(24)19-9-10-25-3)22-15-8-6-5-7-13(15)17-20-16(23)11-12(2)21(17)22/h5-8,11,14H,4,9-10H2,1-3H3,(H,19,24)/t14-/m1/s1. The Bertz CT molecular complexity index is 974. The highest BCUT2D eigenvalue weighted by molar-refractivity contribution is 5.94. The van der Waals surface area contributed by atoms with Crippen molar-refractivity contribution in [2.24, 2.45) is 0 Å². The summed E-state index contributed by atoms with van der Waals surface area (Å²) in [6, 6.07) is 8.75. The van der Waals surface area contributed by atoms with E-state index in [0.717, 1.165) is 16.6 Å². The van der Waals surface area contributed by atoms with E-state index in [0.29, 0.717) is 25.2 Å². The number of ether oxygens (including phenoxy) is 1. The third-order valence-corrected chi connectivity index (χ3v) is 4.28. The number of hydrogen-bond donors (Lipinski definition) is 1. The van der Waals surface area contributed by atoms with Crippen LogP contribution in [0, 0.1) is 6.92 Å². The third kappa shape index (κ3) is 3.02. The summed E-state index contributed by atoms with van der Waals surface area (Å²) < 4.78 is 8.78. The number of para-hydroxylation sites is 1. The number of amides is 1. The van der Waals surface area contributed by atoms with Crippen molar-refractivity contribution < 1.29 is 9.53 Å². The minimum atomic E-state index is -0.415. The van der Waals surface area contributed by atoms with Crippen molar-refractivity contribution in [1.29, 1.82) is 0 Å². The minimum Gasteiger partial charge on any atom is -0.383 e. The maximum Gasteiger partial charge on any atom is 0.273 e. The lowest BCUT2D eigenvalue weighted by Crippen LogP contribution is -2.35. The Hall–Kier alpha value is -2.67. The van der Waals surface area contributed by atoms with Crippen molar-refractivity contribution in [3.63, 3.8) is 0 Å². The first-order valence-corrected chi connectivity index (χ1v) is 8.34. The molecule has 0 aliphatic heterocycles. The summed E-state index contributed by atoms with van der Waals surface area (Å²) in [5.74, 6) is -0.0831. The highest BCUT2D eigenvalue weighted by Gasteiger charge is 2.24. The summed E-state index contributed by atoms with van der Waals surface area (Å²) in [6.45, 7) is 4.73. The molecular weight excluding hydrogens is 320 g/mol. The number of nitrogens with one attached hydrogen (secondary N) is 1. The van der Waals surface area contributed by atoms with Crippen LogP contribution in [0.3, 0.4) is 0 Å². The number of fused-ring (bicyclic) bond motifs is 3. The summed E-state index contributed by atoms with van der Waals surface area (Å²) in [5, 5.41) is 3.76. The smallest absolute Gasteiger partial charge is 0.273 e. The van der Waals surface area contributed by atoms with Crippen LogP contribution in [-0.2, 0) is 9.53 Å². The molecule has 0 radical (unpaired) electrons. The molecule has 0 saturated heterocycles. The highest BCUT2D eigenvalue weighted by Crippen LogP contribution is 2.26. The molecule has 7 nitrogen and oxygen atoms in total. The van der Waals surface area contributed by atoms with Crippen molar-refractivity contribution >= 4 is 22.5 Å². The number of carbonyl (C=O) groups excluding carboxylic acids is 1. The number of nitrogens with zero attached hydrogens (tertiary/aromatic N) is 3. The molecule has 3 rings (SSSR count). The van der Waals surface area contributed by atoms with Crippen LogP contribution in [0.2, 0.25) is 0 Å². The van der Waals surface area contributed by atoms with Gasteiger partial charge in [-0.2, -0.15) is 4.98 Å². The third-order valence-electron chi connectivity index (χ3n) is 4.28. The van der Waals surface area contributed by atoms with Crippen LogP contribution in [0.15, 0.2) is 35.1 Å². The monoisotopic (exact) mass is 342 g/mol. The molecule has 1 atom stereocenters. The summed E-state index contributed by atoms with van der Waals surface area (Å²) in [4.78, 5) is 28.8. The maximum absolute atomic E-state index is 12.7. The number of hydrogen-bond acceptors (Lipinski definition) is 4. The van der Waals surface area contributed by atoms with Crippen LogP contribution in [0.4, 0.5) is 0 Å². The molecule has 2 heterocycles. The second-order valence-corrected chi connectivity index (χ2v) is 5.94. The fraction of sp³-hybridized carbons (Fsp3) is 0.389. The van der Waals surface area contributed by atoms with E-state index in [-0.39, 0.29) is 11.5 Å². The number of aromatic nitrogens is 3. The Labute approximate surface area is 145 Å². The number of methoxy groups -OCH3 is 1. The molecule has 0 bridgehead atoms. The van der Waals surface area contributed by atoms with Gasteiger partial charge in [0, 0.05) is 30.8 Å². The Morgan fingerprint density at radius 1 is 1.36 bits per heavy atom. The summed E-state index contributed by atoms with van der Waals surface area (Å²) in [6.07, 6.45) is 0.609. The SMILES string of the molecule is CC[C@H](C(=O)NCCOC)n1c2ccccc2c2nc(=O)cc(C)n21. The van der Waals surface area contributed by atoms with E-state index < -0.39 is 6.04 Å². The molecule has 2 aromatic heterocycles. The number of rotatable bonds is 6. The van der Waals surface area contributed by atoms with Gasteiger partial charge in [-0.1, -0.05) is 19.1 Å². The zero-order valence-electron chi connectivity index (χ0n) is 14.7. The largest absolute Gasteiger partial charge is 0.383 e. The van der Waals surface area contributed by atoms with E-state index in [1.807, 2.05) is 47.3 Å². The van der Waals surface area contributed by atoms with Gasteiger partial charge < -0.3 is 10.1 Å². The minimum absolute atomic E-state index is 0.0831. The van der Waals surface area contributed by atoms with E-state index in [9.17, 15) is 9.59 Å². The topological polar surface area (TPSA) is 77.6 Å². The molecule has 0 spiro atoms. The molecule has 7 heteroatoms. The maximum atomic E-state index is 12.7. The van der Waals surface area contributed by atoms with Gasteiger partial charge in [0.1, 0.15) is 6.04 Å². The Morgan fingerprint density at radius 2 is 2.12 bits per heavy atom. The normalized spacial score (nSPS) is 12.6. The van der Waals surface area contributed by atoms with Crippen molar-refractivity contribution in [3.8, 4) is 0 Å². The van der Waals surface area contributed by atoms with E-state index in [1.165, 1.54) is 6.07 Å². The summed E-state index contributed by atoms with van der Waals surface area (Å²) in [7, 11) is 1.60. The van der Waals surface area contributed by atoms with Gasteiger partial charge in [0.2, 0.25) is 5.91 Å². The number of aryl methyl sites for hydroxylation is 1. The molecule has 1 amide bonds. The molecule has 0 unspecified atom stereocenters. The van der Waals surface area contributed by atoms with Crippen LogP contribution in [0.1, 0.15) is 25.1 Å². The van der Waals surface area contributed by atoms with Gasteiger partial charge in [0.05, 0.1) is 12.1 Å². The van der Waals surface area contributed by atoms with Crippen LogP contribution in [-0.4, -0.2) is 40.3 Å². The van der Waals surface area contributed by atoms with E-state index in [4.69, 9.17) is 4.74 Å². The second-order valence-electron chi connectivity index (χ2n) is 5.94. The van der Waals surface area contributed by atoms with Gasteiger partial charge in [-0.05, 0) is 25.5 Å². The van der Waals surface area contributed by atoms with Crippen LogP contribution >= 0.6 is 0 Å². The van der Waals surface area contributed by atoms with Gasteiger partial charge >= 0.3 is 0 Å². The van der Waals surface area contributed by atoms with Crippen molar-refractivity contribution in [2.75, 3.05) is 20.3 Å². The van der Waals surface area contributed by atoms with Gasteiger partial charge in [0.25, 0.3) is 5.56 Å². The first-order valence-electron chi connectivity index (χ1n) is 8.34. The highest BCUT2D eigenvalue weighted by atomic mass is 16.5. The predicted octanol–water partition coefficient (Wildman–Crippen LogP) is 1.67. The Balaban J connectivity index is 2.22. The fourth-order valence-corrected chi connectivity index (χ4v) is 3.18. The zero-order valence-corrected chi connectivity index (χ0v) is 14.7.